The number of benzene rings is 1. The summed E-state index contributed by atoms with van der Waals surface area (Å²) in [6, 6.07) is 5.68. The zero-order valence-corrected chi connectivity index (χ0v) is 11.9. The van der Waals surface area contributed by atoms with E-state index in [1.165, 1.54) is 24.3 Å². The molecule has 1 heterocycles. The molecule has 1 aromatic carbocycles. The maximum Gasteiger partial charge on any atom is 0.157 e. The molecule has 2 atom stereocenters. The van der Waals surface area contributed by atoms with Crippen LogP contribution in [0.1, 0.15) is 19.3 Å². The largest absolute Gasteiger partial charge is 0.491 e. The quantitative estimate of drug-likeness (QED) is 0.786. The first-order chi connectivity index (χ1) is 10.2. The van der Waals surface area contributed by atoms with Crippen LogP contribution < -0.4 is 4.74 Å². The summed E-state index contributed by atoms with van der Waals surface area (Å²) in [5, 5.41) is 9.73. The van der Waals surface area contributed by atoms with E-state index >= 15 is 0 Å². The minimum Gasteiger partial charge on any atom is -0.491 e. The fourth-order valence-electron chi connectivity index (χ4n) is 1.99. The molecule has 0 aliphatic carbocycles. The Kier molecular flexibility index (Phi) is 6.66. The van der Waals surface area contributed by atoms with E-state index in [9.17, 15) is 9.50 Å². The summed E-state index contributed by atoms with van der Waals surface area (Å²) >= 11 is 0. The lowest BCUT2D eigenvalue weighted by atomic mass is 10.2. The lowest BCUT2D eigenvalue weighted by molar-refractivity contribution is -0.155. The number of ether oxygens (including phenoxy) is 3. The van der Waals surface area contributed by atoms with Crippen molar-refractivity contribution >= 4 is 0 Å². The van der Waals surface area contributed by atoms with Gasteiger partial charge in [0, 0.05) is 6.61 Å². The molecule has 1 aromatic rings. The molecule has 1 saturated heterocycles. The van der Waals surface area contributed by atoms with E-state index in [0.29, 0.717) is 12.4 Å². The second kappa shape index (κ2) is 8.77. The number of halogens is 1. The number of hydrogen-bond acceptors (Lipinski definition) is 4. The van der Waals surface area contributed by atoms with E-state index in [4.69, 9.17) is 14.2 Å². The van der Waals surface area contributed by atoms with Crippen molar-refractivity contribution in [2.24, 2.45) is 0 Å². The maximum atomic E-state index is 12.7. The van der Waals surface area contributed by atoms with Crippen LogP contribution in [-0.4, -0.2) is 37.3 Å². The molecule has 0 saturated carbocycles. The van der Waals surface area contributed by atoms with Gasteiger partial charge in [0.25, 0.3) is 0 Å². The highest BCUT2D eigenvalue weighted by molar-refractivity contribution is 5.22. The molecule has 0 bridgehead atoms. The molecule has 1 aliphatic heterocycles. The monoisotopic (exact) mass is 296 g/mol. The molecular weight excluding hydrogens is 275 g/mol. The van der Waals surface area contributed by atoms with Crippen LogP contribution in [0.3, 0.4) is 0 Å². The van der Waals surface area contributed by atoms with Gasteiger partial charge in [-0.25, -0.2) is 4.39 Å². The van der Waals surface area contributed by atoms with Crippen LogP contribution in [0, 0.1) is 5.82 Å². The predicted molar refractivity (Wildman–Crippen MR) is 76.6 cm³/mol. The van der Waals surface area contributed by atoms with Crippen molar-refractivity contribution in [2.45, 2.75) is 31.7 Å². The fraction of sp³-hybridized carbons (Fsp3) is 0.500. The van der Waals surface area contributed by atoms with Crippen molar-refractivity contribution in [3.8, 4) is 5.75 Å². The van der Waals surface area contributed by atoms with E-state index in [0.717, 1.165) is 25.9 Å². The molecule has 1 aliphatic rings. The van der Waals surface area contributed by atoms with Crippen molar-refractivity contribution in [3.63, 3.8) is 0 Å². The molecule has 2 unspecified atom stereocenters. The van der Waals surface area contributed by atoms with E-state index in [-0.39, 0.29) is 18.7 Å². The van der Waals surface area contributed by atoms with Gasteiger partial charge in [-0.15, -0.1) is 0 Å². The second-order valence-corrected chi connectivity index (χ2v) is 4.89. The number of aliphatic hydroxyl groups excluding tert-OH is 1. The Labute approximate surface area is 124 Å². The van der Waals surface area contributed by atoms with Crippen molar-refractivity contribution in [3.05, 3.63) is 42.2 Å². The van der Waals surface area contributed by atoms with Crippen molar-refractivity contribution in [2.75, 3.05) is 19.8 Å². The summed E-state index contributed by atoms with van der Waals surface area (Å²) in [4.78, 5) is 0. The zero-order chi connectivity index (χ0) is 14.9. The molecule has 1 fully saturated rings. The Bertz CT molecular complexity index is 426. The Hall–Kier alpha value is -1.43. The Balaban J connectivity index is 1.60. The average Bonchev–Trinajstić information content (AvgIpc) is 2.52. The van der Waals surface area contributed by atoms with Gasteiger partial charge in [-0.1, -0.05) is 12.2 Å². The average molecular weight is 296 g/mol. The molecule has 0 aromatic heterocycles. The number of hydrogen-bond donors (Lipinski definition) is 1. The minimum absolute atomic E-state index is 0.113. The SMILES string of the molecule is OC(/C=C/COC1CCCCO1)COc1ccc(F)cc1. The molecule has 0 amide bonds. The Morgan fingerprint density at radius 1 is 1.33 bits per heavy atom. The van der Waals surface area contributed by atoms with Crippen LogP contribution in [0.4, 0.5) is 4.39 Å². The Morgan fingerprint density at radius 3 is 2.86 bits per heavy atom. The third-order valence-corrected chi connectivity index (χ3v) is 3.11. The summed E-state index contributed by atoms with van der Waals surface area (Å²) in [5.41, 5.74) is 0. The minimum atomic E-state index is -0.731. The van der Waals surface area contributed by atoms with E-state index < -0.39 is 6.10 Å². The summed E-state index contributed by atoms with van der Waals surface area (Å²) in [7, 11) is 0. The molecule has 0 radical (unpaired) electrons. The molecule has 5 heteroatoms. The van der Waals surface area contributed by atoms with Crippen LogP contribution in [0.5, 0.6) is 5.75 Å². The summed E-state index contributed by atoms with van der Waals surface area (Å²) < 4.78 is 29.0. The van der Waals surface area contributed by atoms with Crippen LogP contribution in [0.2, 0.25) is 0 Å². The highest BCUT2D eigenvalue weighted by Crippen LogP contribution is 2.13. The summed E-state index contributed by atoms with van der Waals surface area (Å²) in [6.45, 7) is 1.27. The molecule has 21 heavy (non-hydrogen) atoms. The summed E-state index contributed by atoms with van der Waals surface area (Å²) in [6.07, 6.45) is 5.65. The fourth-order valence-corrected chi connectivity index (χ4v) is 1.99. The lowest BCUT2D eigenvalue weighted by Gasteiger charge is -2.21. The first-order valence-electron chi connectivity index (χ1n) is 7.20. The molecule has 116 valence electrons. The molecule has 0 spiro atoms. The highest BCUT2D eigenvalue weighted by atomic mass is 19.1. The first-order valence-corrected chi connectivity index (χ1v) is 7.20. The molecular formula is C16H21FO4. The van der Waals surface area contributed by atoms with Gasteiger partial charge in [-0.05, 0) is 43.5 Å². The van der Waals surface area contributed by atoms with Crippen LogP contribution in [-0.2, 0) is 9.47 Å². The van der Waals surface area contributed by atoms with E-state index in [1.807, 2.05) is 0 Å². The topological polar surface area (TPSA) is 47.9 Å². The molecule has 4 nitrogen and oxygen atoms in total. The van der Waals surface area contributed by atoms with Crippen molar-refractivity contribution in [1.82, 2.24) is 0 Å². The maximum absolute atomic E-state index is 12.7. The third kappa shape index (κ3) is 6.25. The van der Waals surface area contributed by atoms with Crippen molar-refractivity contribution < 1.29 is 23.7 Å². The van der Waals surface area contributed by atoms with Crippen molar-refractivity contribution in [1.29, 1.82) is 0 Å². The van der Waals surface area contributed by atoms with Crippen LogP contribution in [0.15, 0.2) is 36.4 Å². The normalized spacial score (nSPS) is 20.6. The van der Waals surface area contributed by atoms with Gasteiger partial charge in [0.15, 0.2) is 6.29 Å². The van der Waals surface area contributed by atoms with Crippen LogP contribution >= 0.6 is 0 Å². The Morgan fingerprint density at radius 2 is 2.14 bits per heavy atom. The van der Waals surface area contributed by atoms with Gasteiger partial charge in [0.1, 0.15) is 24.3 Å². The zero-order valence-electron chi connectivity index (χ0n) is 11.9. The standard InChI is InChI=1S/C16H21FO4/c17-13-6-8-15(9-7-13)21-12-14(18)4-3-11-20-16-5-1-2-10-19-16/h3-4,6-9,14,16,18H,1-2,5,10-12H2/b4-3+. The van der Waals surface area contributed by atoms with Gasteiger partial charge >= 0.3 is 0 Å². The van der Waals surface area contributed by atoms with Gasteiger partial charge in [0.2, 0.25) is 0 Å². The van der Waals surface area contributed by atoms with Crippen LogP contribution in [0.25, 0.3) is 0 Å². The van der Waals surface area contributed by atoms with E-state index in [1.54, 1.807) is 12.2 Å². The highest BCUT2D eigenvalue weighted by Gasteiger charge is 2.12. The van der Waals surface area contributed by atoms with Gasteiger partial charge in [-0.2, -0.15) is 0 Å². The predicted octanol–water partition coefficient (Wildman–Crippen LogP) is 2.66. The van der Waals surface area contributed by atoms with Gasteiger partial charge in [0.05, 0.1) is 6.61 Å². The third-order valence-electron chi connectivity index (χ3n) is 3.11. The second-order valence-electron chi connectivity index (χ2n) is 4.89. The molecule has 1 N–H and O–H groups in total. The van der Waals surface area contributed by atoms with E-state index in [2.05, 4.69) is 0 Å². The summed E-state index contributed by atoms with van der Waals surface area (Å²) in [5.74, 6) is 0.209. The molecule has 2 rings (SSSR count). The number of rotatable bonds is 7. The first kappa shape index (κ1) is 15.9. The van der Waals surface area contributed by atoms with Gasteiger partial charge < -0.3 is 19.3 Å². The lowest BCUT2D eigenvalue weighted by Crippen LogP contribution is -2.22. The number of aliphatic hydroxyl groups is 1. The smallest absolute Gasteiger partial charge is 0.157 e. The van der Waals surface area contributed by atoms with Gasteiger partial charge in [-0.3, -0.25) is 0 Å².